The predicted molar refractivity (Wildman–Crippen MR) is 59.6 cm³/mol. The van der Waals surface area contributed by atoms with E-state index in [0.29, 0.717) is 6.42 Å². The van der Waals surface area contributed by atoms with E-state index in [9.17, 15) is 4.79 Å². The number of hydrogen-bond donors (Lipinski definition) is 2. The van der Waals surface area contributed by atoms with Crippen LogP contribution in [0.3, 0.4) is 0 Å². The van der Waals surface area contributed by atoms with Crippen LogP contribution in [-0.4, -0.2) is 23.7 Å². The molecule has 3 heteroatoms. The van der Waals surface area contributed by atoms with Crippen LogP contribution in [0.4, 0.5) is 0 Å². The number of hydrogen-bond acceptors (Lipinski definition) is 2. The quantitative estimate of drug-likeness (QED) is 0.775. The molecule has 1 aromatic carbocycles. The van der Waals surface area contributed by atoms with Gasteiger partial charge in [0.15, 0.2) is 0 Å². The second-order valence-corrected chi connectivity index (χ2v) is 3.81. The van der Waals surface area contributed by atoms with Gasteiger partial charge in [-0.3, -0.25) is 4.79 Å². The first-order valence-electron chi connectivity index (χ1n) is 5.07. The molecule has 0 aliphatic rings. The summed E-state index contributed by atoms with van der Waals surface area (Å²) in [6.45, 7) is 3.75. The molecule has 1 rings (SSSR count). The van der Waals surface area contributed by atoms with Gasteiger partial charge in [-0.05, 0) is 19.4 Å². The summed E-state index contributed by atoms with van der Waals surface area (Å²) in [7, 11) is 0. The van der Waals surface area contributed by atoms with Crippen molar-refractivity contribution >= 4 is 5.91 Å². The molecule has 0 heterocycles. The highest BCUT2D eigenvalue weighted by Gasteiger charge is 2.06. The van der Waals surface area contributed by atoms with Gasteiger partial charge in [-0.25, -0.2) is 0 Å². The van der Waals surface area contributed by atoms with E-state index >= 15 is 0 Å². The summed E-state index contributed by atoms with van der Waals surface area (Å²) in [4.78, 5) is 11.4. The number of aryl methyl sites for hydroxylation is 1. The Labute approximate surface area is 90.1 Å². The van der Waals surface area contributed by atoms with Gasteiger partial charge in [-0.2, -0.15) is 0 Å². The second-order valence-electron chi connectivity index (χ2n) is 3.81. The number of aliphatic hydroxyl groups is 1. The van der Waals surface area contributed by atoms with Crippen LogP contribution in [0.2, 0.25) is 0 Å². The van der Waals surface area contributed by atoms with Crippen LogP contribution in [0.15, 0.2) is 24.3 Å². The highest BCUT2D eigenvalue weighted by atomic mass is 16.3. The molecule has 0 spiro atoms. The summed E-state index contributed by atoms with van der Waals surface area (Å²) in [5.74, 6) is -0.0552. The van der Waals surface area contributed by atoms with Gasteiger partial charge < -0.3 is 10.4 Å². The molecular formula is C12H17NO2. The lowest BCUT2D eigenvalue weighted by Crippen LogP contribution is -2.35. The lowest BCUT2D eigenvalue weighted by Gasteiger charge is -2.10. The van der Waals surface area contributed by atoms with Gasteiger partial charge in [-0.1, -0.05) is 29.8 Å². The van der Waals surface area contributed by atoms with E-state index in [0.717, 1.165) is 5.56 Å². The average Bonchev–Trinajstić information content (AvgIpc) is 2.21. The minimum atomic E-state index is -0.178. The highest BCUT2D eigenvalue weighted by molar-refractivity contribution is 5.78. The number of benzene rings is 1. The third-order valence-electron chi connectivity index (χ3n) is 2.17. The van der Waals surface area contributed by atoms with Crippen molar-refractivity contribution < 1.29 is 9.90 Å². The maximum atomic E-state index is 11.4. The Balaban J connectivity index is 2.48. The number of nitrogens with one attached hydrogen (secondary N) is 1. The third-order valence-corrected chi connectivity index (χ3v) is 2.17. The molecule has 0 saturated carbocycles. The van der Waals surface area contributed by atoms with Crippen LogP contribution < -0.4 is 5.32 Å². The van der Waals surface area contributed by atoms with Crippen LogP contribution in [0.1, 0.15) is 18.1 Å². The van der Waals surface area contributed by atoms with E-state index in [4.69, 9.17) is 5.11 Å². The van der Waals surface area contributed by atoms with E-state index in [2.05, 4.69) is 5.32 Å². The Hall–Kier alpha value is -1.35. The van der Waals surface area contributed by atoms with Gasteiger partial charge in [0, 0.05) is 6.04 Å². The van der Waals surface area contributed by atoms with Gasteiger partial charge >= 0.3 is 0 Å². The fraction of sp³-hybridized carbons (Fsp3) is 0.417. The molecule has 15 heavy (non-hydrogen) atoms. The smallest absolute Gasteiger partial charge is 0.224 e. The van der Waals surface area contributed by atoms with Crippen molar-refractivity contribution in [2.75, 3.05) is 6.61 Å². The molecule has 82 valence electrons. The summed E-state index contributed by atoms with van der Waals surface area (Å²) in [6.07, 6.45) is 0.366. The minimum Gasteiger partial charge on any atom is -0.394 e. The Morgan fingerprint density at radius 3 is 2.53 bits per heavy atom. The molecule has 0 bridgehead atoms. The largest absolute Gasteiger partial charge is 0.394 e. The summed E-state index contributed by atoms with van der Waals surface area (Å²) in [6, 6.07) is 7.68. The topological polar surface area (TPSA) is 49.3 Å². The van der Waals surface area contributed by atoms with Crippen LogP contribution in [0.5, 0.6) is 0 Å². The van der Waals surface area contributed by atoms with Crippen molar-refractivity contribution in [2.24, 2.45) is 0 Å². The van der Waals surface area contributed by atoms with E-state index in [1.807, 2.05) is 31.2 Å². The summed E-state index contributed by atoms with van der Waals surface area (Å²) in [5, 5.41) is 11.5. The molecule has 0 saturated heterocycles. The van der Waals surface area contributed by atoms with Gasteiger partial charge in [0.1, 0.15) is 0 Å². The lowest BCUT2D eigenvalue weighted by atomic mass is 10.1. The molecule has 3 nitrogen and oxygen atoms in total. The van der Waals surface area contributed by atoms with Gasteiger partial charge in [0.05, 0.1) is 13.0 Å². The lowest BCUT2D eigenvalue weighted by molar-refractivity contribution is -0.121. The van der Waals surface area contributed by atoms with Crippen molar-refractivity contribution in [1.29, 1.82) is 0 Å². The Morgan fingerprint density at radius 1 is 1.40 bits per heavy atom. The molecule has 0 aliphatic carbocycles. The molecular weight excluding hydrogens is 190 g/mol. The first-order chi connectivity index (χ1) is 7.11. The normalized spacial score (nSPS) is 12.2. The summed E-state index contributed by atoms with van der Waals surface area (Å²) >= 11 is 0. The van der Waals surface area contributed by atoms with Crippen molar-refractivity contribution in [1.82, 2.24) is 5.32 Å². The summed E-state index contributed by atoms with van der Waals surface area (Å²) < 4.78 is 0. The van der Waals surface area contributed by atoms with Crippen molar-refractivity contribution in [3.05, 3.63) is 35.4 Å². The minimum absolute atomic E-state index is 0.0281. The van der Waals surface area contributed by atoms with E-state index < -0.39 is 0 Å². The molecule has 1 aromatic rings. The fourth-order valence-corrected chi connectivity index (χ4v) is 1.26. The Bertz CT molecular complexity index is 319. The number of aliphatic hydroxyl groups excluding tert-OH is 1. The zero-order valence-corrected chi connectivity index (χ0v) is 9.16. The third kappa shape index (κ3) is 4.13. The van der Waals surface area contributed by atoms with Crippen molar-refractivity contribution in [3.8, 4) is 0 Å². The summed E-state index contributed by atoms with van der Waals surface area (Å²) in [5.41, 5.74) is 2.17. The van der Waals surface area contributed by atoms with Gasteiger partial charge in [0.25, 0.3) is 0 Å². The highest BCUT2D eigenvalue weighted by Crippen LogP contribution is 2.03. The first kappa shape index (κ1) is 11.7. The number of rotatable bonds is 4. The molecule has 1 amide bonds. The molecule has 2 N–H and O–H groups in total. The zero-order valence-electron chi connectivity index (χ0n) is 9.16. The van der Waals surface area contributed by atoms with Crippen LogP contribution >= 0.6 is 0 Å². The average molecular weight is 207 g/mol. The Morgan fingerprint density at radius 2 is 2.00 bits per heavy atom. The maximum Gasteiger partial charge on any atom is 0.224 e. The fourth-order valence-electron chi connectivity index (χ4n) is 1.26. The van der Waals surface area contributed by atoms with E-state index in [1.54, 1.807) is 6.92 Å². The van der Waals surface area contributed by atoms with E-state index in [1.165, 1.54) is 5.56 Å². The maximum absolute atomic E-state index is 11.4. The van der Waals surface area contributed by atoms with Crippen LogP contribution in [0, 0.1) is 6.92 Å². The van der Waals surface area contributed by atoms with Gasteiger partial charge in [0.2, 0.25) is 5.91 Å². The van der Waals surface area contributed by atoms with E-state index in [-0.39, 0.29) is 18.6 Å². The molecule has 0 radical (unpaired) electrons. The first-order valence-corrected chi connectivity index (χ1v) is 5.07. The molecule has 0 aromatic heterocycles. The predicted octanol–water partition coefficient (Wildman–Crippen LogP) is 1.03. The monoisotopic (exact) mass is 207 g/mol. The zero-order chi connectivity index (χ0) is 11.3. The van der Waals surface area contributed by atoms with Gasteiger partial charge in [-0.15, -0.1) is 0 Å². The number of amides is 1. The van der Waals surface area contributed by atoms with Crippen molar-refractivity contribution in [3.63, 3.8) is 0 Å². The van der Waals surface area contributed by atoms with Crippen LogP contribution in [-0.2, 0) is 11.2 Å². The Kier molecular flexibility index (Phi) is 4.31. The standard InChI is InChI=1S/C12H17NO2/c1-9-3-5-11(6-4-9)7-12(15)13-10(2)8-14/h3-6,10,14H,7-8H2,1-2H3,(H,13,15)/t10-/m1/s1. The molecule has 1 atom stereocenters. The molecule has 0 unspecified atom stereocenters. The van der Waals surface area contributed by atoms with Crippen LogP contribution in [0.25, 0.3) is 0 Å². The second kappa shape index (κ2) is 5.51. The molecule has 0 fully saturated rings. The SMILES string of the molecule is Cc1ccc(CC(=O)N[C@H](C)CO)cc1. The molecule has 0 aliphatic heterocycles. The number of carbonyl (C=O) groups is 1. The van der Waals surface area contributed by atoms with Crippen molar-refractivity contribution in [2.45, 2.75) is 26.3 Å². The number of carbonyl (C=O) groups excluding carboxylic acids is 1.